The summed E-state index contributed by atoms with van der Waals surface area (Å²) < 4.78 is 1.88. The average molecular weight is 284 g/mol. The molecule has 0 amide bonds. The molecule has 7 nitrogen and oxygen atoms in total. The maximum absolute atomic E-state index is 9.16. The van der Waals surface area contributed by atoms with E-state index >= 15 is 0 Å². The summed E-state index contributed by atoms with van der Waals surface area (Å²) in [5.74, 6) is 1.52. The molecule has 5 N–H and O–H groups in total. The second-order valence-corrected chi connectivity index (χ2v) is 4.78. The van der Waals surface area contributed by atoms with Crippen LogP contribution in [0, 0.1) is 6.92 Å². The predicted octanol–water partition coefficient (Wildman–Crippen LogP) is 0.958. The van der Waals surface area contributed by atoms with E-state index in [4.69, 9.17) is 16.6 Å². The Morgan fingerprint density at radius 2 is 1.81 bits per heavy atom. The highest BCUT2D eigenvalue weighted by Gasteiger charge is 2.11. The van der Waals surface area contributed by atoms with Gasteiger partial charge in [0.25, 0.3) is 0 Å². The van der Waals surface area contributed by atoms with Crippen LogP contribution in [-0.2, 0) is 6.54 Å². The van der Waals surface area contributed by atoms with Gasteiger partial charge in [0.15, 0.2) is 5.65 Å². The fraction of sp³-hybridized carbons (Fsp3) is 0.214. The summed E-state index contributed by atoms with van der Waals surface area (Å²) in [5, 5.41) is 9.16. The summed E-state index contributed by atoms with van der Waals surface area (Å²) in [6.45, 7) is 2.38. The van der Waals surface area contributed by atoms with E-state index in [-0.39, 0.29) is 6.61 Å². The Morgan fingerprint density at radius 3 is 2.48 bits per heavy atom. The SMILES string of the molecule is Cc1nc2ccc(-c3cc(N)nc(N)c3)nc2n1CCO. The maximum Gasteiger partial charge on any atom is 0.160 e. The Hall–Kier alpha value is -2.67. The molecule has 0 saturated heterocycles. The number of imidazole rings is 1. The first kappa shape index (κ1) is 13.3. The summed E-state index contributed by atoms with van der Waals surface area (Å²) in [6, 6.07) is 7.21. The van der Waals surface area contributed by atoms with Crippen LogP contribution in [0.25, 0.3) is 22.4 Å². The summed E-state index contributed by atoms with van der Waals surface area (Å²) in [7, 11) is 0. The van der Waals surface area contributed by atoms with Gasteiger partial charge < -0.3 is 21.1 Å². The van der Waals surface area contributed by atoms with Crippen molar-refractivity contribution in [1.29, 1.82) is 0 Å². The topological polar surface area (TPSA) is 116 Å². The maximum atomic E-state index is 9.16. The van der Waals surface area contributed by atoms with Crippen molar-refractivity contribution in [3.8, 4) is 11.3 Å². The number of aromatic nitrogens is 4. The molecule has 3 rings (SSSR count). The fourth-order valence-electron chi connectivity index (χ4n) is 2.37. The quantitative estimate of drug-likeness (QED) is 0.659. The summed E-state index contributed by atoms with van der Waals surface area (Å²) in [4.78, 5) is 13.0. The molecule has 0 unspecified atom stereocenters. The van der Waals surface area contributed by atoms with Gasteiger partial charge in [0.05, 0.1) is 12.3 Å². The minimum atomic E-state index is 0.0351. The zero-order chi connectivity index (χ0) is 15.0. The Balaban J connectivity index is 2.17. The number of anilines is 2. The molecule has 3 aromatic rings. The highest BCUT2D eigenvalue weighted by atomic mass is 16.3. The van der Waals surface area contributed by atoms with Gasteiger partial charge in [0.1, 0.15) is 23.0 Å². The van der Waals surface area contributed by atoms with Crippen LogP contribution in [0.1, 0.15) is 5.82 Å². The largest absolute Gasteiger partial charge is 0.395 e. The van der Waals surface area contributed by atoms with Crippen molar-refractivity contribution in [2.75, 3.05) is 18.1 Å². The van der Waals surface area contributed by atoms with Crippen LogP contribution in [0.3, 0.4) is 0 Å². The third-order valence-corrected chi connectivity index (χ3v) is 3.27. The van der Waals surface area contributed by atoms with Crippen LogP contribution in [0.4, 0.5) is 11.6 Å². The van der Waals surface area contributed by atoms with E-state index in [1.165, 1.54) is 0 Å². The number of aliphatic hydroxyl groups is 1. The van der Waals surface area contributed by atoms with E-state index in [0.29, 0.717) is 18.2 Å². The van der Waals surface area contributed by atoms with Crippen molar-refractivity contribution >= 4 is 22.8 Å². The molecule has 0 radical (unpaired) electrons. The molecule has 3 aromatic heterocycles. The van der Waals surface area contributed by atoms with Crippen molar-refractivity contribution in [1.82, 2.24) is 19.5 Å². The normalized spacial score (nSPS) is 11.1. The lowest BCUT2D eigenvalue weighted by atomic mass is 10.1. The highest BCUT2D eigenvalue weighted by Crippen LogP contribution is 2.24. The van der Waals surface area contributed by atoms with Gasteiger partial charge >= 0.3 is 0 Å². The molecule has 0 saturated carbocycles. The second-order valence-electron chi connectivity index (χ2n) is 4.78. The highest BCUT2D eigenvalue weighted by molar-refractivity contribution is 5.77. The van der Waals surface area contributed by atoms with Crippen molar-refractivity contribution in [3.05, 3.63) is 30.1 Å². The van der Waals surface area contributed by atoms with Gasteiger partial charge in [-0.3, -0.25) is 0 Å². The molecule has 3 heterocycles. The molecule has 0 aliphatic carbocycles. The first-order valence-corrected chi connectivity index (χ1v) is 6.56. The van der Waals surface area contributed by atoms with Gasteiger partial charge in [-0.25, -0.2) is 15.0 Å². The van der Waals surface area contributed by atoms with Crippen LogP contribution >= 0.6 is 0 Å². The minimum absolute atomic E-state index is 0.0351. The zero-order valence-electron chi connectivity index (χ0n) is 11.6. The van der Waals surface area contributed by atoms with E-state index < -0.39 is 0 Å². The van der Waals surface area contributed by atoms with Gasteiger partial charge in [0.2, 0.25) is 0 Å². The lowest BCUT2D eigenvalue weighted by Gasteiger charge is -2.06. The number of hydrogen-bond donors (Lipinski definition) is 3. The van der Waals surface area contributed by atoms with Crippen LogP contribution < -0.4 is 11.5 Å². The van der Waals surface area contributed by atoms with Gasteiger partial charge in [-0.15, -0.1) is 0 Å². The second kappa shape index (κ2) is 5.02. The Morgan fingerprint density at radius 1 is 1.10 bits per heavy atom. The molecule has 0 bridgehead atoms. The predicted molar refractivity (Wildman–Crippen MR) is 81.4 cm³/mol. The average Bonchev–Trinajstić information content (AvgIpc) is 2.74. The monoisotopic (exact) mass is 284 g/mol. The molecule has 0 spiro atoms. The van der Waals surface area contributed by atoms with Crippen LogP contribution in [0.2, 0.25) is 0 Å². The van der Waals surface area contributed by atoms with Crippen molar-refractivity contribution in [3.63, 3.8) is 0 Å². The standard InChI is InChI=1S/C14H16N6O/c1-8-17-11-3-2-10(18-14(11)20(8)4-5-21)9-6-12(15)19-13(16)7-9/h2-3,6-7,21H,4-5H2,1H3,(H4,15,16,19). The molecule has 0 aromatic carbocycles. The molecular weight excluding hydrogens is 268 g/mol. The van der Waals surface area contributed by atoms with Gasteiger partial charge in [-0.05, 0) is 31.2 Å². The first-order valence-electron chi connectivity index (χ1n) is 6.56. The number of rotatable bonds is 3. The molecule has 0 fully saturated rings. The third kappa shape index (κ3) is 2.38. The molecule has 0 aliphatic heterocycles. The van der Waals surface area contributed by atoms with Gasteiger partial charge in [-0.2, -0.15) is 0 Å². The van der Waals surface area contributed by atoms with Crippen molar-refractivity contribution in [2.45, 2.75) is 13.5 Å². The molecule has 0 atom stereocenters. The number of aliphatic hydroxyl groups excluding tert-OH is 1. The lowest BCUT2D eigenvalue weighted by molar-refractivity contribution is 0.276. The fourth-order valence-corrected chi connectivity index (χ4v) is 2.37. The third-order valence-electron chi connectivity index (χ3n) is 3.27. The van der Waals surface area contributed by atoms with E-state index in [1.54, 1.807) is 12.1 Å². The van der Waals surface area contributed by atoms with Crippen LogP contribution in [-0.4, -0.2) is 31.2 Å². The molecular formula is C14H16N6O. The van der Waals surface area contributed by atoms with Crippen molar-refractivity contribution in [2.24, 2.45) is 0 Å². The number of fused-ring (bicyclic) bond motifs is 1. The van der Waals surface area contributed by atoms with Crippen LogP contribution in [0.15, 0.2) is 24.3 Å². The van der Waals surface area contributed by atoms with E-state index in [2.05, 4.69) is 15.0 Å². The van der Waals surface area contributed by atoms with Crippen LogP contribution in [0.5, 0.6) is 0 Å². The smallest absolute Gasteiger partial charge is 0.160 e. The van der Waals surface area contributed by atoms with Gasteiger partial charge in [-0.1, -0.05) is 0 Å². The minimum Gasteiger partial charge on any atom is -0.395 e. The molecule has 108 valence electrons. The number of nitrogen functional groups attached to an aromatic ring is 2. The molecule has 21 heavy (non-hydrogen) atoms. The number of pyridine rings is 2. The summed E-state index contributed by atoms with van der Waals surface area (Å²) >= 11 is 0. The number of aryl methyl sites for hydroxylation is 1. The summed E-state index contributed by atoms with van der Waals surface area (Å²) in [5.41, 5.74) is 14.5. The molecule has 0 aliphatic rings. The number of hydrogen-bond acceptors (Lipinski definition) is 6. The number of nitrogens with two attached hydrogens (primary N) is 2. The lowest BCUT2D eigenvalue weighted by Crippen LogP contribution is -2.05. The Kier molecular flexibility index (Phi) is 3.19. The first-order chi connectivity index (χ1) is 10.1. The Labute approximate surface area is 121 Å². The van der Waals surface area contributed by atoms with Gasteiger partial charge in [0, 0.05) is 12.1 Å². The zero-order valence-corrected chi connectivity index (χ0v) is 11.6. The van der Waals surface area contributed by atoms with E-state index in [0.717, 1.165) is 28.2 Å². The van der Waals surface area contributed by atoms with E-state index in [1.807, 2.05) is 23.6 Å². The Bertz CT molecular complexity index is 790. The number of nitrogens with zero attached hydrogens (tertiary/aromatic N) is 4. The van der Waals surface area contributed by atoms with E-state index in [9.17, 15) is 0 Å². The van der Waals surface area contributed by atoms with Crippen molar-refractivity contribution < 1.29 is 5.11 Å². The summed E-state index contributed by atoms with van der Waals surface area (Å²) in [6.07, 6.45) is 0. The molecule has 7 heteroatoms.